The van der Waals surface area contributed by atoms with Gasteiger partial charge in [0.05, 0.1) is 12.3 Å². The van der Waals surface area contributed by atoms with E-state index < -0.39 is 0 Å². The summed E-state index contributed by atoms with van der Waals surface area (Å²) in [5.74, 6) is 0.654. The molecule has 30 heavy (non-hydrogen) atoms. The van der Waals surface area contributed by atoms with Gasteiger partial charge in [0.25, 0.3) is 0 Å². The lowest BCUT2D eigenvalue weighted by molar-refractivity contribution is -0.129. The molecular weight excluding hydrogens is 412 g/mol. The number of carbonyl (C=O) groups excluding carboxylic acids is 1. The molecule has 5 heteroatoms. The second-order valence-electron chi connectivity index (χ2n) is 7.38. The standard InChI is InChI=1S/C25H29ClN2OS/c1-2-3-7-15-28(25(29)20-30-24-13-5-4-6-14-24)19-23-12-9-16-27(23)18-21-10-8-11-22(26)17-21/h4-6,8-14,16-17H,2-3,7,15,18-20H2,1H3. The van der Waals surface area contributed by atoms with E-state index in [0.717, 1.165) is 53.5 Å². The van der Waals surface area contributed by atoms with Gasteiger partial charge in [0, 0.05) is 34.9 Å². The van der Waals surface area contributed by atoms with Gasteiger partial charge in [-0.25, -0.2) is 0 Å². The van der Waals surface area contributed by atoms with Crippen molar-refractivity contribution in [2.75, 3.05) is 12.3 Å². The fourth-order valence-corrected chi connectivity index (χ4v) is 4.41. The highest BCUT2D eigenvalue weighted by molar-refractivity contribution is 8.00. The van der Waals surface area contributed by atoms with E-state index in [0.29, 0.717) is 12.3 Å². The molecule has 3 aromatic rings. The summed E-state index contributed by atoms with van der Waals surface area (Å²) in [6, 6.07) is 22.2. The SMILES string of the molecule is CCCCCN(Cc1cccn1Cc1cccc(Cl)c1)C(=O)CSc1ccccc1. The zero-order chi connectivity index (χ0) is 21.2. The summed E-state index contributed by atoms with van der Waals surface area (Å²) in [5, 5.41) is 0.746. The van der Waals surface area contributed by atoms with Gasteiger partial charge in [0.1, 0.15) is 0 Å². The highest BCUT2D eigenvalue weighted by atomic mass is 35.5. The molecule has 0 saturated heterocycles. The van der Waals surface area contributed by atoms with Crippen LogP contribution in [-0.4, -0.2) is 27.7 Å². The Hall–Kier alpha value is -2.17. The van der Waals surface area contributed by atoms with E-state index >= 15 is 0 Å². The molecule has 0 saturated carbocycles. The molecule has 0 N–H and O–H groups in total. The molecule has 0 atom stereocenters. The summed E-state index contributed by atoms with van der Waals surface area (Å²) in [6.07, 6.45) is 5.39. The van der Waals surface area contributed by atoms with Gasteiger partial charge in [-0.05, 0) is 48.4 Å². The molecule has 0 fully saturated rings. The largest absolute Gasteiger partial charge is 0.345 e. The molecule has 0 bridgehead atoms. The Morgan fingerprint density at radius 1 is 1.03 bits per heavy atom. The highest BCUT2D eigenvalue weighted by Crippen LogP contribution is 2.19. The number of carbonyl (C=O) groups is 1. The highest BCUT2D eigenvalue weighted by Gasteiger charge is 2.16. The average Bonchev–Trinajstić information content (AvgIpc) is 3.18. The van der Waals surface area contributed by atoms with Crippen LogP contribution >= 0.6 is 23.4 Å². The molecule has 0 aliphatic rings. The van der Waals surface area contributed by atoms with E-state index in [-0.39, 0.29) is 5.91 Å². The smallest absolute Gasteiger partial charge is 0.233 e. The Kier molecular flexibility index (Phi) is 8.91. The van der Waals surface area contributed by atoms with Gasteiger partial charge in [-0.1, -0.05) is 61.7 Å². The molecule has 0 aliphatic heterocycles. The summed E-state index contributed by atoms with van der Waals surface area (Å²) >= 11 is 7.75. The van der Waals surface area contributed by atoms with Crippen LogP contribution in [0.5, 0.6) is 0 Å². The van der Waals surface area contributed by atoms with Crippen molar-refractivity contribution in [2.24, 2.45) is 0 Å². The number of hydrogen-bond donors (Lipinski definition) is 0. The normalized spacial score (nSPS) is 10.9. The van der Waals surface area contributed by atoms with Crippen molar-refractivity contribution in [2.45, 2.75) is 44.2 Å². The maximum absolute atomic E-state index is 13.0. The number of thioether (sulfide) groups is 1. The number of halogens is 1. The van der Waals surface area contributed by atoms with E-state index in [1.165, 1.54) is 0 Å². The van der Waals surface area contributed by atoms with E-state index in [2.05, 4.69) is 42.0 Å². The number of amides is 1. The lowest BCUT2D eigenvalue weighted by atomic mass is 10.2. The molecule has 0 unspecified atom stereocenters. The van der Waals surface area contributed by atoms with Crippen molar-refractivity contribution < 1.29 is 4.79 Å². The van der Waals surface area contributed by atoms with Crippen LogP contribution in [0.2, 0.25) is 5.02 Å². The fraction of sp³-hybridized carbons (Fsp3) is 0.320. The minimum absolute atomic E-state index is 0.190. The van der Waals surface area contributed by atoms with Gasteiger partial charge in [0.2, 0.25) is 5.91 Å². The predicted octanol–water partition coefficient (Wildman–Crippen LogP) is 6.50. The number of aromatic nitrogens is 1. The van der Waals surface area contributed by atoms with Crippen molar-refractivity contribution >= 4 is 29.3 Å². The minimum Gasteiger partial charge on any atom is -0.345 e. The maximum atomic E-state index is 13.0. The Balaban J connectivity index is 1.67. The van der Waals surface area contributed by atoms with E-state index in [1.54, 1.807) is 11.8 Å². The van der Waals surface area contributed by atoms with Gasteiger partial charge in [-0.2, -0.15) is 0 Å². The van der Waals surface area contributed by atoms with E-state index in [1.807, 2.05) is 47.4 Å². The first-order valence-electron chi connectivity index (χ1n) is 10.5. The first kappa shape index (κ1) is 22.5. The predicted molar refractivity (Wildman–Crippen MR) is 127 cm³/mol. The van der Waals surface area contributed by atoms with E-state index in [4.69, 9.17) is 11.6 Å². The van der Waals surface area contributed by atoms with Gasteiger partial charge >= 0.3 is 0 Å². The molecule has 3 rings (SSSR count). The molecule has 1 heterocycles. The summed E-state index contributed by atoms with van der Waals surface area (Å²) in [6.45, 7) is 4.36. The van der Waals surface area contributed by atoms with Crippen LogP contribution in [0.15, 0.2) is 77.8 Å². The summed E-state index contributed by atoms with van der Waals surface area (Å²) in [7, 11) is 0. The number of benzene rings is 2. The third-order valence-electron chi connectivity index (χ3n) is 5.01. The van der Waals surface area contributed by atoms with Gasteiger partial charge in [-0.3, -0.25) is 4.79 Å². The van der Waals surface area contributed by atoms with Crippen molar-refractivity contribution in [1.29, 1.82) is 0 Å². The number of hydrogen-bond acceptors (Lipinski definition) is 2. The second-order valence-corrected chi connectivity index (χ2v) is 8.87. The maximum Gasteiger partial charge on any atom is 0.233 e. The zero-order valence-electron chi connectivity index (χ0n) is 17.5. The van der Waals surface area contributed by atoms with Crippen LogP contribution in [-0.2, 0) is 17.9 Å². The van der Waals surface area contributed by atoms with Crippen LogP contribution in [0.25, 0.3) is 0 Å². The first-order chi connectivity index (χ1) is 14.7. The van der Waals surface area contributed by atoms with Gasteiger partial charge in [0.15, 0.2) is 0 Å². The summed E-state index contributed by atoms with van der Waals surface area (Å²) in [5.41, 5.74) is 2.30. The molecule has 158 valence electrons. The first-order valence-corrected chi connectivity index (χ1v) is 11.9. The quantitative estimate of drug-likeness (QED) is 0.251. The monoisotopic (exact) mass is 440 g/mol. The van der Waals surface area contributed by atoms with E-state index in [9.17, 15) is 4.79 Å². The van der Waals surface area contributed by atoms with Crippen LogP contribution in [0, 0.1) is 0 Å². The second kappa shape index (κ2) is 11.9. The molecule has 0 radical (unpaired) electrons. The number of unbranched alkanes of at least 4 members (excludes halogenated alkanes) is 2. The molecular formula is C25H29ClN2OS. The number of rotatable bonds is 11. The molecule has 2 aromatic carbocycles. The topological polar surface area (TPSA) is 25.2 Å². The molecule has 0 spiro atoms. The van der Waals surface area contributed by atoms with Crippen molar-refractivity contribution in [1.82, 2.24) is 9.47 Å². The third kappa shape index (κ3) is 6.96. The zero-order valence-corrected chi connectivity index (χ0v) is 19.0. The Bertz CT molecular complexity index is 926. The van der Waals surface area contributed by atoms with Crippen LogP contribution in [0.1, 0.15) is 37.4 Å². The fourth-order valence-electron chi connectivity index (χ4n) is 3.37. The Morgan fingerprint density at radius 2 is 1.87 bits per heavy atom. The molecule has 1 aromatic heterocycles. The van der Waals surface area contributed by atoms with Crippen LogP contribution in [0.3, 0.4) is 0 Å². The Labute approximate surface area is 189 Å². The minimum atomic E-state index is 0.190. The molecule has 1 amide bonds. The number of nitrogens with zero attached hydrogens (tertiary/aromatic N) is 2. The lowest BCUT2D eigenvalue weighted by Gasteiger charge is -2.24. The van der Waals surface area contributed by atoms with Crippen molar-refractivity contribution in [3.8, 4) is 0 Å². The molecule has 0 aliphatic carbocycles. The van der Waals surface area contributed by atoms with Crippen LogP contribution in [0.4, 0.5) is 0 Å². The van der Waals surface area contributed by atoms with Crippen LogP contribution < -0.4 is 0 Å². The Morgan fingerprint density at radius 3 is 2.63 bits per heavy atom. The van der Waals surface area contributed by atoms with Gasteiger partial charge in [-0.15, -0.1) is 11.8 Å². The van der Waals surface area contributed by atoms with Crippen molar-refractivity contribution in [3.05, 3.63) is 89.2 Å². The summed E-state index contributed by atoms with van der Waals surface area (Å²) < 4.78 is 2.20. The summed E-state index contributed by atoms with van der Waals surface area (Å²) in [4.78, 5) is 16.2. The lowest BCUT2D eigenvalue weighted by Crippen LogP contribution is -2.33. The van der Waals surface area contributed by atoms with Gasteiger partial charge < -0.3 is 9.47 Å². The average molecular weight is 441 g/mol. The molecule has 3 nitrogen and oxygen atoms in total. The third-order valence-corrected chi connectivity index (χ3v) is 6.24. The van der Waals surface area contributed by atoms with Crippen molar-refractivity contribution in [3.63, 3.8) is 0 Å².